The zero-order valence-electron chi connectivity index (χ0n) is 31.8. The summed E-state index contributed by atoms with van der Waals surface area (Å²) < 4.78 is 4.01. The second kappa shape index (κ2) is 15.8. The minimum Gasteiger partial charge on any atom is -0.334 e. The maximum absolute atomic E-state index is 5.74. The summed E-state index contributed by atoms with van der Waals surface area (Å²) in [4.78, 5) is 36.4. The Morgan fingerprint density at radius 1 is 0.574 bits per heavy atom. The molecule has 8 rings (SSSR count). The smallest absolute Gasteiger partial charge is 0.134 e. The number of imidazole rings is 2. The van der Waals surface area contributed by atoms with Crippen LogP contribution < -0.4 is 15.5 Å². The molecular formula is C41H45N11S2. The lowest BCUT2D eigenvalue weighted by atomic mass is 10.1. The number of rotatable bonds is 10. The Labute approximate surface area is 323 Å². The largest absolute Gasteiger partial charge is 0.334 e. The number of anilines is 4. The molecule has 54 heavy (non-hydrogen) atoms. The van der Waals surface area contributed by atoms with Crippen LogP contribution >= 0.6 is 22.7 Å². The lowest BCUT2D eigenvalue weighted by Crippen LogP contribution is -2.14. The third-order valence-electron chi connectivity index (χ3n) is 9.68. The Kier molecular flexibility index (Phi) is 10.8. The van der Waals surface area contributed by atoms with Crippen molar-refractivity contribution in [2.24, 2.45) is 19.8 Å². The van der Waals surface area contributed by atoms with E-state index in [2.05, 4.69) is 99.0 Å². The van der Waals surface area contributed by atoms with Gasteiger partial charge < -0.3 is 24.7 Å². The van der Waals surface area contributed by atoms with Crippen LogP contribution in [0.25, 0.3) is 43.2 Å². The molecule has 11 nitrogen and oxygen atoms in total. The van der Waals surface area contributed by atoms with Crippen molar-refractivity contribution in [3.63, 3.8) is 0 Å². The SMILES string of the molecule is CCc1cc(-c2ccc(CN)s2)ncc1N(C)c1cc2c(cn1)ncn2C.CCc1ccc(-c2cc(CC)c(N(C)c3cc4c(cn3)ncn4C)cn2)s1. The first-order valence-corrected chi connectivity index (χ1v) is 19.7. The van der Waals surface area contributed by atoms with Gasteiger partial charge in [0.15, 0.2) is 0 Å². The van der Waals surface area contributed by atoms with Crippen molar-refractivity contribution < 1.29 is 0 Å². The lowest BCUT2D eigenvalue weighted by molar-refractivity contribution is 0.946. The average molecular weight is 756 g/mol. The minimum absolute atomic E-state index is 0.564. The van der Waals surface area contributed by atoms with E-state index >= 15 is 0 Å². The van der Waals surface area contributed by atoms with E-state index < -0.39 is 0 Å². The third kappa shape index (κ3) is 7.34. The molecule has 0 radical (unpaired) electrons. The summed E-state index contributed by atoms with van der Waals surface area (Å²) in [6.07, 6.45) is 14.1. The van der Waals surface area contributed by atoms with Crippen LogP contribution in [0, 0.1) is 0 Å². The molecule has 0 unspecified atom stereocenters. The Bertz CT molecular complexity index is 2370. The Hall–Kier alpha value is -5.50. The molecule has 0 aliphatic carbocycles. The molecule has 0 fully saturated rings. The highest BCUT2D eigenvalue weighted by Crippen LogP contribution is 2.34. The monoisotopic (exact) mass is 755 g/mol. The highest BCUT2D eigenvalue weighted by Gasteiger charge is 2.16. The van der Waals surface area contributed by atoms with Gasteiger partial charge in [0.2, 0.25) is 0 Å². The minimum atomic E-state index is 0.564. The molecule has 0 amide bonds. The number of nitrogens with zero attached hydrogens (tertiary/aromatic N) is 10. The number of hydrogen-bond acceptors (Lipinski definition) is 11. The Morgan fingerprint density at radius 3 is 1.44 bits per heavy atom. The van der Waals surface area contributed by atoms with Crippen molar-refractivity contribution in [1.82, 2.24) is 39.0 Å². The summed E-state index contributed by atoms with van der Waals surface area (Å²) in [7, 11) is 8.06. The Morgan fingerprint density at radius 2 is 1.04 bits per heavy atom. The molecule has 0 saturated carbocycles. The molecule has 0 spiro atoms. The van der Waals surface area contributed by atoms with Crippen molar-refractivity contribution in [1.29, 1.82) is 0 Å². The molecule has 13 heteroatoms. The van der Waals surface area contributed by atoms with Gasteiger partial charge in [-0.25, -0.2) is 19.9 Å². The van der Waals surface area contributed by atoms with Crippen molar-refractivity contribution in [3.8, 4) is 21.1 Å². The fourth-order valence-electron chi connectivity index (χ4n) is 6.40. The normalized spacial score (nSPS) is 11.3. The van der Waals surface area contributed by atoms with Crippen LogP contribution in [-0.2, 0) is 39.9 Å². The molecule has 0 atom stereocenters. The van der Waals surface area contributed by atoms with E-state index in [9.17, 15) is 0 Å². The molecular weight excluding hydrogens is 711 g/mol. The van der Waals surface area contributed by atoms with E-state index in [1.165, 1.54) is 25.8 Å². The molecule has 8 aromatic heterocycles. The summed E-state index contributed by atoms with van der Waals surface area (Å²) in [6, 6.07) is 17.0. The first-order chi connectivity index (χ1) is 26.2. The molecule has 0 aromatic carbocycles. The van der Waals surface area contributed by atoms with Crippen molar-refractivity contribution in [2.75, 3.05) is 23.9 Å². The van der Waals surface area contributed by atoms with Gasteiger partial charge in [-0.1, -0.05) is 20.8 Å². The van der Waals surface area contributed by atoms with E-state index in [1.807, 2.05) is 79.8 Å². The van der Waals surface area contributed by atoms with Crippen molar-refractivity contribution in [3.05, 3.63) is 107 Å². The number of hydrogen-bond donors (Lipinski definition) is 1. The molecule has 0 saturated heterocycles. The topological polar surface area (TPSA) is 120 Å². The predicted octanol–water partition coefficient (Wildman–Crippen LogP) is 8.87. The summed E-state index contributed by atoms with van der Waals surface area (Å²) in [6.45, 7) is 7.09. The molecule has 0 bridgehead atoms. The maximum atomic E-state index is 5.74. The number of pyridine rings is 4. The molecule has 8 aromatic rings. The second-order valence-electron chi connectivity index (χ2n) is 13.1. The second-order valence-corrected chi connectivity index (χ2v) is 15.4. The van der Waals surface area contributed by atoms with E-state index in [4.69, 9.17) is 15.7 Å². The van der Waals surface area contributed by atoms with Gasteiger partial charge in [-0.05, 0) is 66.8 Å². The van der Waals surface area contributed by atoms with Crippen LogP contribution in [-0.4, -0.2) is 53.1 Å². The van der Waals surface area contributed by atoms with Crippen LogP contribution in [0.3, 0.4) is 0 Å². The van der Waals surface area contributed by atoms with Gasteiger partial charge in [-0.2, -0.15) is 0 Å². The summed E-state index contributed by atoms with van der Waals surface area (Å²) >= 11 is 3.52. The zero-order chi connectivity index (χ0) is 37.9. The summed E-state index contributed by atoms with van der Waals surface area (Å²) in [5.41, 5.74) is 16.3. The first-order valence-electron chi connectivity index (χ1n) is 18.1. The fourth-order valence-corrected chi connectivity index (χ4v) is 8.17. The lowest BCUT2D eigenvalue weighted by Gasteiger charge is -2.21. The fraction of sp³-hybridized carbons (Fsp3) is 0.268. The zero-order valence-corrected chi connectivity index (χ0v) is 33.4. The quantitative estimate of drug-likeness (QED) is 0.146. The standard InChI is InChI=1S/C21H23N5S.C20H22N6S/c1-5-14-9-16(20-8-7-15(6-2)27-20)22-12-19(14)26(4)21-10-18-17(11-23-21)24-13-25(18)3;1-4-13-7-15(19-6-5-14(9-21)27-19)22-11-18(13)26(3)20-8-17-16(10-23-20)24-12-25(17)2/h7-13H,5-6H2,1-4H3;5-8,10-12H,4,9,21H2,1-3H3. The summed E-state index contributed by atoms with van der Waals surface area (Å²) in [5, 5.41) is 0. The molecule has 0 aliphatic heterocycles. The molecule has 8 heterocycles. The first kappa shape index (κ1) is 36.8. The summed E-state index contributed by atoms with van der Waals surface area (Å²) in [5.74, 6) is 1.76. The number of aryl methyl sites for hydroxylation is 5. The predicted molar refractivity (Wildman–Crippen MR) is 224 cm³/mol. The van der Waals surface area contributed by atoms with Gasteiger partial charge in [0.25, 0.3) is 0 Å². The molecule has 2 N–H and O–H groups in total. The number of aromatic nitrogens is 8. The van der Waals surface area contributed by atoms with Gasteiger partial charge in [-0.3, -0.25) is 9.97 Å². The van der Waals surface area contributed by atoms with Gasteiger partial charge >= 0.3 is 0 Å². The van der Waals surface area contributed by atoms with E-state index in [0.29, 0.717) is 6.54 Å². The van der Waals surface area contributed by atoms with Crippen LogP contribution in [0.4, 0.5) is 23.0 Å². The van der Waals surface area contributed by atoms with Gasteiger partial charge in [0.1, 0.15) is 22.7 Å². The highest BCUT2D eigenvalue weighted by molar-refractivity contribution is 7.15. The highest BCUT2D eigenvalue weighted by atomic mass is 32.1. The third-order valence-corrected chi connectivity index (χ3v) is 12.1. The number of nitrogens with two attached hydrogens (primary N) is 1. The maximum Gasteiger partial charge on any atom is 0.134 e. The van der Waals surface area contributed by atoms with E-state index in [-0.39, 0.29) is 0 Å². The average Bonchev–Trinajstić information content (AvgIpc) is 4.04. The van der Waals surface area contributed by atoms with Crippen LogP contribution in [0.2, 0.25) is 0 Å². The van der Waals surface area contributed by atoms with Crippen LogP contribution in [0.15, 0.2) is 86.0 Å². The Balaban J connectivity index is 0.000000167. The van der Waals surface area contributed by atoms with Crippen LogP contribution in [0.5, 0.6) is 0 Å². The number of thiophene rings is 2. The van der Waals surface area contributed by atoms with Crippen LogP contribution in [0.1, 0.15) is 41.7 Å². The van der Waals surface area contributed by atoms with Crippen molar-refractivity contribution in [2.45, 2.75) is 46.6 Å². The molecule has 276 valence electrons. The number of fused-ring (bicyclic) bond motifs is 2. The van der Waals surface area contributed by atoms with Gasteiger partial charge in [0.05, 0.1) is 81.0 Å². The van der Waals surface area contributed by atoms with Gasteiger partial charge in [-0.15, -0.1) is 22.7 Å². The van der Waals surface area contributed by atoms with E-state index in [0.717, 1.165) is 80.6 Å². The van der Waals surface area contributed by atoms with Crippen molar-refractivity contribution >= 4 is 67.8 Å². The molecule has 0 aliphatic rings. The van der Waals surface area contributed by atoms with E-state index in [1.54, 1.807) is 17.7 Å². The van der Waals surface area contributed by atoms with Gasteiger partial charge in [0, 0.05) is 56.6 Å².